The highest BCUT2D eigenvalue weighted by Gasteiger charge is 2.04. The quantitative estimate of drug-likeness (QED) is 0.745. The maximum atomic E-state index is 5.11. The number of hydrogen-bond acceptors (Lipinski definition) is 1. The van der Waals surface area contributed by atoms with Gasteiger partial charge in [-0.2, -0.15) is 0 Å². The minimum atomic E-state index is 0.253. The van der Waals surface area contributed by atoms with Crippen LogP contribution in [0.4, 0.5) is 0 Å². The van der Waals surface area contributed by atoms with Crippen molar-refractivity contribution in [1.82, 2.24) is 10.6 Å². The summed E-state index contributed by atoms with van der Waals surface area (Å²) in [7, 11) is 0. The smallest absolute Gasteiger partial charge is 0.166 e. The number of nitrogens with one attached hydrogen (secondary N) is 2. The second kappa shape index (κ2) is 5.60. The molecular weight excluding hydrogens is 192 g/mol. The lowest BCUT2D eigenvalue weighted by molar-refractivity contribution is 0.702. The van der Waals surface area contributed by atoms with Crippen molar-refractivity contribution < 1.29 is 0 Å². The van der Waals surface area contributed by atoms with Gasteiger partial charge in [0.15, 0.2) is 5.11 Å². The van der Waals surface area contributed by atoms with E-state index in [1.165, 1.54) is 5.56 Å². The second-order valence-electron chi connectivity index (χ2n) is 3.14. The van der Waals surface area contributed by atoms with E-state index in [4.69, 9.17) is 12.2 Å². The first-order valence-corrected chi connectivity index (χ1v) is 5.24. The van der Waals surface area contributed by atoms with E-state index in [1.54, 1.807) is 0 Å². The van der Waals surface area contributed by atoms with Gasteiger partial charge in [0.1, 0.15) is 0 Å². The fourth-order valence-electron chi connectivity index (χ4n) is 1.23. The van der Waals surface area contributed by atoms with Crippen molar-refractivity contribution in [1.29, 1.82) is 0 Å². The average Bonchev–Trinajstić information content (AvgIpc) is 2.19. The minimum Gasteiger partial charge on any atom is -0.363 e. The molecule has 1 rings (SSSR count). The minimum absolute atomic E-state index is 0.253. The molecule has 2 N–H and O–H groups in total. The highest BCUT2D eigenvalue weighted by molar-refractivity contribution is 7.80. The zero-order chi connectivity index (χ0) is 10.4. The normalized spacial score (nSPS) is 11.9. The summed E-state index contributed by atoms with van der Waals surface area (Å²) in [4.78, 5) is 0. The molecule has 0 saturated heterocycles. The van der Waals surface area contributed by atoms with Crippen LogP contribution in [0.3, 0.4) is 0 Å². The zero-order valence-electron chi connectivity index (χ0n) is 8.58. The van der Waals surface area contributed by atoms with E-state index in [0.717, 1.165) is 6.54 Å². The molecule has 14 heavy (non-hydrogen) atoms. The summed E-state index contributed by atoms with van der Waals surface area (Å²) in [6.07, 6.45) is 0. The first kappa shape index (κ1) is 11.0. The summed E-state index contributed by atoms with van der Waals surface area (Å²) < 4.78 is 0. The predicted molar refractivity (Wildman–Crippen MR) is 64.3 cm³/mol. The van der Waals surface area contributed by atoms with Gasteiger partial charge in [0.25, 0.3) is 0 Å². The number of thiocarbonyl (C=S) groups is 1. The molecular formula is C11H16N2S. The molecule has 0 spiro atoms. The Bertz CT molecular complexity index is 285. The topological polar surface area (TPSA) is 24.1 Å². The van der Waals surface area contributed by atoms with Gasteiger partial charge in [0.2, 0.25) is 0 Å². The van der Waals surface area contributed by atoms with E-state index in [2.05, 4.69) is 29.7 Å². The van der Waals surface area contributed by atoms with E-state index < -0.39 is 0 Å². The Kier molecular flexibility index (Phi) is 4.40. The standard InChI is InChI=1S/C11H16N2S/c1-3-12-11(14)13-9(2)10-7-5-4-6-8-10/h4-9H,3H2,1-2H3,(H2,12,13,14)/t9-/m1/s1. The third-order valence-corrected chi connectivity index (χ3v) is 2.25. The van der Waals surface area contributed by atoms with Crippen LogP contribution in [0.2, 0.25) is 0 Å². The Labute approximate surface area is 90.7 Å². The van der Waals surface area contributed by atoms with Crippen molar-refractivity contribution in [3.8, 4) is 0 Å². The first-order chi connectivity index (χ1) is 6.74. The molecule has 0 aliphatic carbocycles. The number of rotatable bonds is 3. The Balaban J connectivity index is 2.50. The lowest BCUT2D eigenvalue weighted by Gasteiger charge is -2.16. The van der Waals surface area contributed by atoms with Crippen LogP contribution in [0.25, 0.3) is 0 Å². The molecule has 76 valence electrons. The predicted octanol–water partition coefficient (Wildman–Crippen LogP) is 2.23. The van der Waals surface area contributed by atoms with Gasteiger partial charge >= 0.3 is 0 Å². The van der Waals surface area contributed by atoms with Gasteiger partial charge in [0, 0.05) is 6.54 Å². The van der Waals surface area contributed by atoms with E-state index in [1.807, 2.05) is 25.1 Å². The molecule has 1 aromatic rings. The van der Waals surface area contributed by atoms with Crippen LogP contribution in [0.5, 0.6) is 0 Å². The van der Waals surface area contributed by atoms with E-state index >= 15 is 0 Å². The van der Waals surface area contributed by atoms with Crippen LogP contribution in [0, 0.1) is 0 Å². The van der Waals surface area contributed by atoms with Crippen molar-refractivity contribution in [3.63, 3.8) is 0 Å². The zero-order valence-corrected chi connectivity index (χ0v) is 9.40. The van der Waals surface area contributed by atoms with Gasteiger partial charge in [0.05, 0.1) is 6.04 Å². The summed E-state index contributed by atoms with van der Waals surface area (Å²) >= 11 is 5.11. The van der Waals surface area contributed by atoms with E-state index in [0.29, 0.717) is 5.11 Å². The molecule has 0 aliphatic rings. The maximum absolute atomic E-state index is 5.11. The van der Waals surface area contributed by atoms with Crippen molar-refractivity contribution >= 4 is 17.3 Å². The highest BCUT2D eigenvalue weighted by Crippen LogP contribution is 2.10. The van der Waals surface area contributed by atoms with Gasteiger partial charge < -0.3 is 10.6 Å². The molecule has 1 aromatic carbocycles. The third kappa shape index (κ3) is 3.34. The summed E-state index contributed by atoms with van der Waals surface area (Å²) in [5.41, 5.74) is 1.24. The van der Waals surface area contributed by atoms with Crippen LogP contribution < -0.4 is 10.6 Å². The molecule has 0 heterocycles. The van der Waals surface area contributed by atoms with Crippen molar-refractivity contribution in [3.05, 3.63) is 35.9 Å². The highest BCUT2D eigenvalue weighted by atomic mass is 32.1. The van der Waals surface area contributed by atoms with Crippen LogP contribution in [0.15, 0.2) is 30.3 Å². The van der Waals surface area contributed by atoms with Gasteiger partial charge in [-0.25, -0.2) is 0 Å². The summed E-state index contributed by atoms with van der Waals surface area (Å²) in [6, 6.07) is 10.5. The molecule has 3 heteroatoms. The van der Waals surface area contributed by atoms with Crippen LogP contribution in [-0.4, -0.2) is 11.7 Å². The molecule has 0 fully saturated rings. The summed E-state index contributed by atoms with van der Waals surface area (Å²) in [5, 5.41) is 7.00. The fourth-order valence-corrected chi connectivity index (χ4v) is 1.55. The molecule has 1 atom stereocenters. The SMILES string of the molecule is CCNC(=S)N[C@H](C)c1ccccc1. The Morgan fingerprint density at radius 1 is 1.36 bits per heavy atom. The van der Waals surface area contributed by atoms with Gasteiger partial charge in [-0.05, 0) is 31.6 Å². The van der Waals surface area contributed by atoms with Crippen molar-refractivity contribution in [2.24, 2.45) is 0 Å². The van der Waals surface area contributed by atoms with Crippen LogP contribution >= 0.6 is 12.2 Å². The third-order valence-electron chi connectivity index (χ3n) is 1.98. The number of hydrogen-bond donors (Lipinski definition) is 2. The molecule has 0 aliphatic heterocycles. The Morgan fingerprint density at radius 3 is 2.57 bits per heavy atom. The summed E-state index contributed by atoms with van der Waals surface area (Å²) in [5.74, 6) is 0. The number of benzene rings is 1. The maximum Gasteiger partial charge on any atom is 0.166 e. The first-order valence-electron chi connectivity index (χ1n) is 4.83. The largest absolute Gasteiger partial charge is 0.363 e. The molecule has 0 saturated carbocycles. The van der Waals surface area contributed by atoms with Crippen molar-refractivity contribution in [2.45, 2.75) is 19.9 Å². The average molecular weight is 208 g/mol. The molecule has 0 amide bonds. The summed E-state index contributed by atoms with van der Waals surface area (Å²) in [6.45, 7) is 4.98. The second-order valence-corrected chi connectivity index (χ2v) is 3.54. The lowest BCUT2D eigenvalue weighted by Crippen LogP contribution is -2.36. The Hall–Kier alpha value is -1.09. The van der Waals surface area contributed by atoms with Crippen LogP contribution in [0.1, 0.15) is 25.5 Å². The van der Waals surface area contributed by atoms with E-state index in [9.17, 15) is 0 Å². The molecule has 0 unspecified atom stereocenters. The van der Waals surface area contributed by atoms with Crippen molar-refractivity contribution in [2.75, 3.05) is 6.54 Å². The van der Waals surface area contributed by atoms with Gasteiger partial charge in [-0.15, -0.1) is 0 Å². The van der Waals surface area contributed by atoms with Crippen LogP contribution in [-0.2, 0) is 0 Å². The molecule has 2 nitrogen and oxygen atoms in total. The molecule has 0 radical (unpaired) electrons. The fraction of sp³-hybridized carbons (Fsp3) is 0.364. The van der Waals surface area contributed by atoms with E-state index in [-0.39, 0.29) is 6.04 Å². The molecule has 0 aromatic heterocycles. The molecule has 0 bridgehead atoms. The Morgan fingerprint density at radius 2 is 2.00 bits per heavy atom. The van der Waals surface area contributed by atoms with Gasteiger partial charge in [-0.3, -0.25) is 0 Å². The lowest BCUT2D eigenvalue weighted by atomic mass is 10.1. The monoisotopic (exact) mass is 208 g/mol. The van der Waals surface area contributed by atoms with Gasteiger partial charge in [-0.1, -0.05) is 30.3 Å².